The molecule has 0 aromatic heterocycles. The molecule has 0 bridgehead atoms. The van der Waals surface area contributed by atoms with E-state index in [1.165, 1.54) is 8.85 Å². The summed E-state index contributed by atoms with van der Waals surface area (Å²) in [6.07, 6.45) is 0. The van der Waals surface area contributed by atoms with E-state index >= 15 is 0 Å². The summed E-state index contributed by atoms with van der Waals surface area (Å²) in [6.45, 7) is 2.09. The van der Waals surface area contributed by atoms with Crippen LogP contribution in [0.1, 0.15) is 0 Å². The maximum Gasteiger partial charge on any atom is 0 e. The van der Waals surface area contributed by atoms with E-state index in [9.17, 15) is 0 Å². The van der Waals surface area contributed by atoms with Crippen LogP contribution in [0.25, 0.3) is 0 Å². The van der Waals surface area contributed by atoms with Crippen molar-refractivity contribution in [2.45, 2.75) is 0 Å². The van der Waals surface area contributed by atoms with Crippen molar-refractivity contribution in [1.29, 1.82) is 0 Å². The van der Waals surface area contributed by atoms with Gasteiger partial charge in [0.05, 0.1) is 0 Å². The predicted molar refractivity (Wildman–Crippen MR) is 18.5 cm³/mol. The SMILES string of the molecule is [BH2][Cu][SiH3].[Cr].[Fe].[Nb]. The third-order valence-electron chi connectivity index (χ3n) is 0. The first-order valence-electron chi connectivity index (χ1n) is 0.603. The Kier molecular flexibility index (Phi) is 100. The van der Waals surface area contributed by atoms with Gasteiger partial charge >= 0.3 is 29.7 Å². The van der Waals surface area contributed by atoms with Crippen molar-refractivity contribution in [2.75, 3.05) is 0 Å². The Morgan fingerprint density at radius 1 is 1.50 bits per heavy atom. The van der Waals surface area contributed by atoms with Gasteiger partial charge < -0.3 is 0 Å². The molecular weight excluding hydrogens is 303 g/mol. The van der Waals surface area contributed by atoms with Crippen molar-refractivity contribution in [3.63, 3.8) is 0 Å². The predicted octanol–water partition coefficient (Wildman–Crippen LogP) is -2.11. The quantitative estimate of drug-likeness (QED) is 0.450. The summed E-state index contributed by atoms with van der Waals surface area (Å²) < 4.78 is 0. The average Bonchev–Trinajstić information content (AvgIpc) is 0.918. The average molecular weight is 308 g/mol. The number of hydrogen-bond acceptors (Lipinski definition) is 0. The molecule has 6 heavy (non-hydrogen) atoms. The zero-order chi connectivity index (χ0) is 2.71. The van der Waals surface area contributed by atoms with Gasteiger partial charge in [0, 0.05) is 56.8 Å². The fourth-order valence-corrected chi connectivity index (χ4v) is 0. The molecule has 0 amide bonds. The second kappa shape index (κ2) is 25.6. The molecule has 0 aromatic carbocycles. The van der Waals surface area contributed by atoms with Gasteiger partial charge in [-0.15, -0.1) is 0 Å². The van der Waals surface area contributed by atoms with Crippen LogP contribution in [0.4, 0.5) is 0 Å². The van der Waals surface area contributed by atoms with Crippen molar-refractivity contribution in [3.8, 4) is 0 Å². The van der Waals surface area contributed by atoms with Crippen molar-refractivity contribution in [1.82, 2.24) is 0 Å². The van der Waals surface area contributed by atoms with Crippen LogP contribution in [-0.4, -0.2) is 15.5 Å². The van der Waals surface area contributed by atoms with Crippen LogP contribution < -0.4 is 0 Å². The standard InChI is InChI=1S/BH2.Cr.Cu.Fe.Nb.H3Si/h1H2;;;;;1H3/q+1;;-1;;;. The van der Waals surface area contributed by atoms with E-state index in [0.29, 0.717) is 0 Å². The van der Waals surface area contributed by atoms with Gasteiger partial charge in [-0.1, -0.05) is 0 Å². The molecular formula is H5BCrCuFeNbSi. The summed E-state index contributed by atoms with van der Waals surface area (Å²) in [4.78, 5) is 0. The Labute approximate surface area is 85.4 Å². The smallest absolute Gasteiger partial charge is 0 e. The molecule has 0 aromatic rings. The molecule has 0 aliphatic carbocycles. The number of rotatable bonds is 0. The molecule has 1 radical (unpaired) electrons. The maximum absolute atomic E-state index is 2.09. The van der Waals surface area contributed by atoms with Crippen LogP contribution in [0.2, 0.25) is 0 Å². The monoisotopic (exact) mass is 308 g/mol. The zero-order valence-corrected chi connectivity index (χ0v) is 11.0. The molecule has 0 fully saturated rings. The summed E-state index contributed by atoms with van der Waals surface area (Å²) in [5, 5.41) is 0. The summed E-state index contributed by atoms with van der Waals surface area (Å²) in [7, 11) is 1.28. The van der Waals surface area contributed by atoms with E-state index in [-0.39, 0.29) is 56.8 Å². The minimum atomic E-state index is 0. The Balaban J connectivity index is -0.00000000667. The van der Waals surface area contributed by atoms with Crippen molar-refractivity contribution < 1.29 is 71.0 Å². The van der Waals surface area contributed by atoms with Gasteiger partial charge in [0.1, 0.15) is 0 Å². The summed E-state index contributed by atoms with van der Waals surface area (Å²) in [5.74, 6) is 0. The molecule has 0 nitrogen and oxygen atoms in total. The largest absolute Gasteiger partial charge is 0 e. The first-order chi connectivity index (χ1) is 1.41. The van der Waals surface area contributed by atoms with Gasteiger partial charge in [-0.2, -0.15) is 0 Å². The minimum Gasteiger partial charge on any atom is 0 e. The van der Waals surface area contributed by atoms with Crippen LogP contribution in [0, 0.1) is 0 Å². The van der Waals surface area contributed by atoms with Gasteiger partial charge in [-0.05, 0) is 0 Å². The normalized spacial score (nSPS) is 4.00. The van der Waals surface area contributed by atoms with E-state index in [0.717, 1.165) is 0 Å². The molecule has 0 spiro atoms. The zero-order valence-electron chi connectivity index (χ0n) is 3.51. The van der Waals surface area contributed by atoms with Crippen LogP contribution in [0.5, 0.6) is 0 Å². The molecule has 42 valence electrons. The van der Waals surface area contributed by atoms with Crippen LogP contribution >= 0.6 is 0 Å². The Morgan fingerprint density at radius 2 is 1.50 bits per heavy atom. The summed E-state index contributed by atoms with van der Waals surface area (Å²) >= 11 is 1.95. The van der Waals surface area contributed by atoms with E-state index in [1.807, 2.05) is 14.1 Å². The second-order valence-electron chi connectivity index (χ2n) is 0.302. The minimum absolute atomic E-state index is 0. The third-order valence-corrected chi connectivity index (χ3v) is 0. The fourth-order valence-electron chi connectivity index (χ4n) is 0. The third kappa shape index (κ3) is 30.7. The first-order valence-corrected chi connectivity index (χ1v) is 4.97. The molecule has 6 heteroatoms. The van der Waals surface area contributed by atoms with E-state index < -0.39 is 0 Å². The van der Waals surface area contributed by atoms with Crippen LogP contribution in [0.3, 0.4) is 0 Å². The molecule has 0 saturated carbocycles. The molecule has 0 rings (SSSR count). The van der Waals surface area contributed by atoms with E-state index in [1.54, 1.807) is 0 Å². The van der Waals surface area contributed by atoms with Crippen molar-refractivity contribution in [3.05, 3.63) is 0 Å². The van der Waals surface area contributed by atoms with Crippen molar-refractivity contribution in [2.24, 2.45) is 0 Å². The first kappa shape index (κ1) is 23.5. The van der Waals surface area contributed by atoms with Gasteiger partial charge in [-0.3, -0.25) is 0 Å². The molecule has 0 atom stereocenters. The topological polar surface area (TPSA) is 0 Å². The molecule has 0 N–H and O–H groups in total. The van der Waals surface area contributed by atoms with E-state index in [4.69, 9.17) is 0 Å². The molecule has 0 aliphatic heterocycles. The number of hydrogen-bond donors (Lipinski definition) is 0. The molecule has 0 unspecified atom stereocenters. The van der Waals surface area contributed by atoms with Gasteiger partial charge in [0.25, 0.3) is 0 Å². The van der Waals surface area contributed by atoms with Crippen LogP contribution in [0.15, 0.2) is 0 Å². The fraction of sp³-hybridized carbons (Fsp3) is 0. The van der Waals surface area contributed by atoms with Crippen molar-refractivity contribution >= 4 is 15.5 Å². The summed E-state index contributed by atoms with van der Waals surface area (Å²) in [5.41, 5.74) is 0. The Hall–Kier alpha value is 2.59. The molecule has 0 aliphatic rings. The Bertz CT molecular complexity index is 15.5. The van der Waals surface area contributed by atoms with Gasteiger partial charge in [-0.25, -0.2) is 0 Å². The maximum atomic E-state index is 2.09. The Morgan fingerprint density at radius 3 is 1.50 bits per heavy atom. The molecule has 0 saturated heterocycles. The summed E-state index contributed by atoms with van der Waals surface area (Å²) in [6, 6.07) is 0. The molecule has 0 heterocycles. The second-order valence-corrected chi connectivity index (χ2v) is 3.73. The van der Waals surface area contributed by atoms with Gasteiger partial charge in [0.2, 0.25) is 0 Å². The van der Waals surface area contributed by atoms with Crippen LogP contribution in [-0.2, 0) is 71.0 Å². The van der Waals surface area contributed by atoms with Gasteiger partial charge in [0.15, 0.2) is 0 Å². The van der Waals surface area contributed by atoms with E-state index in [2.05, 4.69) is 6.66 Å².